The minimum atomic E-state index is -1.45. The van der Waals surface area contributed by atoms with E-state index in [0.29, 0.717) is 16.7 Å². The molecule has 2 amide bonds. The molecule has 0 spiro atoms. The molecule has 4 aliphatic rings. The lowest BCUT2D eigenvalue weighted by atomic mass is 9.44. The molecule has 10 heteroatoms. The number of ketones is 2. The first kappa shape index (κ1) is 32.1. The Labute approximate surface area is 292 Å². The Kier molecular flexibility index (Phi) is 7.55. The third-order valence-corrected chi connectivity index (χ3v) is 11.2. The van der Waals surface area contributed by atoms with E-state index in [9.17, 15) is 29.6 Å². The molecule has 254 valence electrons. The molecule has 2 fully saturated rings. The number of fused-ring (bicyclic) bond motifs is 4. The van der Waals surface area contributed by atoms with Gasteiger partial charge >= 0.3 is 0 Å². The smallest absolute Gasteiger partial charge is 0.271 e. The van der Waals surface area contributed by atoms with Gasteiger partial charge in [-0.15, -0.1) is 0 Å². The van der Waals surface area contributed by atoms with Crippen molar-refractivity contribution in [3.8, 4) is 11.5 Å². The number of Topliss-reactive ketones (excluding diaryl/α,β-unsaturated/α-hetero) is 1. The minimum Gasteiger partial charge on any atom is -0.504 e. The first-order valence-electron chi connectivity index (χ1n) is 16.8. The van der Waals surface area contributed by atoms with Crippen LogP contribution in [0.15, 0.2) is 121 Å². The number of anilines is 1. The molecule has 3 aliphatic carbocycles. The number of hydrogen-bond acceptors (Lipinski definition) is 8. The number of phenols is 1. The van der Waals surface area contributed by atoms with E-state index in [0.717, 1.165) is 10.5 Å². The quantitative estimate of drug-likeness (QED) is 0.108. The molecule has 1 saturated heterocycles. The van der Waals surface area contributed by atoms with Crippen molar-refractivity contribution in [2.24, 2.45) is 23.7 Å². The first-order chi connectivity index (χ1) is 24.7. The average molecular weight is 681 g/mol. The van der Waals surface area contributed by atoms with Gasteiger partial charge in [-0.1, -0.05) is 84.4 Å². The van der Waals surface area contributed by atoms with Crippen molar-refractivity contribution in [1.82, 2.24) is 0 Å². The summed E-state index contributed by atoms with van der Waals surface area (Å²) in [6, 6.07) is 28.5. The number of nitro benzene ring substituents is 1. The Bertz CT molecular complexity index is 2210. The number of imide groups is 1. The van der Waals surface area contributed by atoms with Crippen LogP contribution in [0.4, 0.5) is 11.4 Å². The van der Waals surface area contributed by atoms with Crippen molar-refractivity contribution in [2.45, 2.75) is 24.2 Å². The van der Waals surface area contributed by atoms with Crippen LogP contribution in [-0.2, 0) is 24.6 Å². The first-order valence-corrected chi connectivity index (χ1v) is 16.8. The zero-order valence-corrected chi connectivity index (χ0v) is 27.5. The molecule has 1 heterocycles. The van der Waals surface area contributed by atoms with E-state index in [1.54, 1.807) is 42.5 Å². The molecule has 0 bridgehead atoms. The second-order valence-electron chi connectivity index (χ2n) is 13.5. The van der Waals surface area contributed by atoms with Crippen LogP contribution in [0.2, 0.25) is 0 Å². The molecule has 10 nitrogen and oxygen atoms in total. The highest BCUT2D eigenvalue weighted by atomic mass is 16.6. The Hall–Kier alpha value is -6.16. The number of aromatic hydroxyl groups is 1. The number of amides is 2. The van der Waals surface area contributed by atoms with Gasteiger partial charge in [0, 0.05) is 29.5 Å². The van der Waals surface area contributed by atoms with Crippen molar-refractivity contribution in [3.05, 3.63) is 148 Å². The van der Waals surface area contributed by atoms with E-state index in [1.165, 1.54) is 37.5 Å². The second-order valence-corrected chi connectivity index (χ2v) is 13.5. The largest absolute Gasteiger partial charge is 0.504 e. The molecule has 0 aromatic heterocycles. The number of carbonyl (C=O) groups is 4. The highest BCUT2D eigenvalue weighted by Crippen LogP contribution is 2.64. The number of rotatable bonds is 6. The van der Waals surface area contributed by atoms with Gasteiger partial charge < -0.3 is 9.84 Å². The van der Waals surface area contributed by atoms with Crippen LogP contribution in [0.5, 0.6) is 11.5 Å². The van der Waals surface area contributed by atoms with Crippen LogP contribution in [0.25, 0.3) is 5.57 Å². The van der Waals surface area contributed by atoms with Gasteiger partial charge in [0.25, 0.3) is 5.69 Å². The summed E-state index contributed by atoms with van der Waals surface area (Å²) in [6.07, 6.45) is 3.67. The number of methoxy groups -OCH3 is 1. The number of phenolic OH excluding ortho intramolecular Hbond substituents is 1. The standard InChI is InChI=1S/C41H32N2O8/c1-51-34-18-15-24(19-33(34)44)37-28-16-17-29-36(40(48)42(39(29)47)26-13-8-14-27(20-26)43(49)50)31(28)21-32-38(46)30(23-9-4-2-5-10-23)22-35(45)41(32,37)25-11-6-3-7-12-25/h2-16,18-20,22,29,31-32,36-37,44H,17,21H2,1H3. The van der Waals surface area contributed by atoms with Crippen molar-refractivity contribution in [2.75, 3.05) is 12.0 Å². The second kappa shape index (κ2) is 12.0. The molecule has 0 radical (unpaired) electrons. The summed E-state index contributed by atoms with van der Waals surface area (Å²) in [5.41, 5.74) is 1.21. The summed E-state index contributed by atoms with van der Waals surface area (Å²) in [4.78, 5) is 70.6. The molecule has 4 aromatic carbocycles. The minimum absolute atomic E-state index is 0.108. The summed E-state index contributed by atoms with van der Waals surface area (Å²) in [6.45, 7) is 0. The fourth-order valence-corrected chi connectivity index (χ4v) is 9.14. The van der Waals surface area contributed by atoms with Crippen LogP contribution < -0.4 is 9.64 Å². The number of non-ortho nitro benzene ring substituents is 1. The Morgan fingerprint density at radius 3 is 2.27 bits per heavy atom. The summed E-state index contributed by atoms with van der Waals surface area (Å²) < 4.78 is 5.35. The SMILES string of the molecule is COc1ccc(C2C3=CCC4C(=O)N(c5cccc([N+](=O)[O-])c5)C(=O)C4C3CC3C(=O)C(c4ccccc4)=CC(=O)C32c2ccccc2)cc1O. The van der Waals surface area contributed by atoms with E-state index in [-0.39, 0.29) is 52.9 Å². The lowest BCUT2D eigenvalue weighted by molar-refractivity contribution is -0.384. The number of nitro groups is 1. The molecule has 1 N–H and O–H groups in total. The number of ether oxygens (including phenoxy) is 1. The molecule has 6 unspecified atom stereocenters. The van der Waals surface area contributed by atoms with E-state index in [4.69, 9.17) is 4.74 Å². The zero-order chi connectivity index (χ0) is 35.6. The van der Waals surface area contributed by atoms with Crippen LogP contribution >= 0.6 is 0 Å². The molecular formula is C41H32N2O8. The molecular weight excluding hydrogens is 648 g/mol. The lowest BCUT2D eigenvalue weighted by Gasteiger charge is -2.55. The van der Waals surface area contributed by atoms with Crippen molar-refractivity contribution < 1.29 is 33.9 Å². The van der Waals surface area contributed by atoms with Crippen LogP contribution in [0.1, 0.15) is 35.4 Å². The van der Waals surface area contributed by atoms with Gasteiger partial charge in [0.2, 0.25) is 11.8 Å². The summed E-state index contributed by atoms with van der Waals surface area (Å²) in [5.74, 6) is -5.43. The lowest BCUT2D eigenvalue weighted by Crippen LogP contribution is -2.58. The normalized spacial score (nSPS) is 26.8. The molecule has 1 saturated carbocycles. The highest BCUT2D eigenvalue weighted by molar-refractivity contribution is 6.32. The Morgan fingerprint density at radius 2 is 1.59 bits per heavy atom. The number of allylic oxidation sites excluding steroid dienone is 4. The van der Waals surface area contributed by atoms with Gasteiger partial charge in [-0.3, -0.25) is 29.3 Å². The van der Waals surface area contributed by atoms with Gasteiger partial charge in [0.1, 0.15) is 0 Å². The van der Waals surface area contributed by atoms with E-state index >= 15 is 4.79 Å². The maximum absolute atomic E-state index is 15.1. The fraction of sp³-hybridized carbons (Fsp3) is 0.220. The topological polar surface area (TPSA) is 144 Å². The van der Waals surface area contributed by atoms with E-state index in [1.807, 2.05) is 42.5 Å². The number of benzene rings is 4. The zero-order valence-electron chi connectivity index (χ0n) is 27.5. The molecule has 51 heavy (non-hydrogen) atoms. The molecule has 6 atom stereocenters. The van der Waals surface area contributed by atoms with Crippen LogP contribution in [0, 0.1) is 33.8 Å². The molecule has 4 aromatic rings. The maximum Gasteiger partial charge on any atom is 0.271 e. The van der Waals surface area contributed by atoms with E-state index in [2.05, 4.69) is 0 Å². The highest BCUT2D eigenvalue weighted by Gasteiger charge is 2.66. The summed E-state index contributed by atoms with van der Waals surface area (Å²) in [5, 5.41) is 22.7. The number of hydrogen-bond donors (Lipinski definition) is 1. The summed E-state index contributed by atoms with van der Waals surface area (Å²) >= 11 is 0. The molecule has 8 rings (SSSR count). The van der Waals surface area contributed by atoms with Crippen molar-refractivity contribution in [1.29, 1.82) is 0 Å². The van der Waals surface area contributed by atoms with Crippen LogP contribution in [0.3, 0.4) is 0 Å². The third-order valence-electron chi connectivity index (χ3n) is 11.2. The predicted molar refractivity (Wildman–Crippen MR) is 187 cm³/mol. The van der Waals surface area contributed by atoms with Gasteiger partial charge in [0.15, 0.2) is 23.1 Å². The van der Waals surface area contributed by atoms with Gasteiger partial charge in [-0.25, -0.2) is 4.90 Å². The Balaban J connectivity index is 1.35. The van der Waals surface area contributed by atoms with E-state index < -0.39 is 51.7 Å². The number of carbonyl (C=O) groups excluding carboxylic acids is 4. The predicted octanol–water partition coefficient (Wildman–Crippen LogP) is 6.34. The maximum atomic E-state index is 15.1. The monoisotopic (exact) mass is 680 g/mol. The third kappa shape index (κ3) is 4.70. The van der Waals surface area contributed by atoms with Crippen molar-refractivity contribution in [3.63, 3.8) is 0 Å². The van der Waals surface area contributed by atoms with Gasteiger partial charge in [-0.2, -0.15) is 0 Å². The summed E-state index contributed by atoms with van der Waals surface area (Å²) in [7, 11) is 1.44. The molecule has 1 aliphatic heterocycles. The van der Waals surface area contributed by atoms with Crippen molar-refractivity contribution >= 4 is 40.3 Å². The average Bonchev–Trinajstić information content (AvgIpc) is 3.41. The van der Waals surface area contributed by atoms with Gasteiger partial charge in [0.05, 0.1) is 35.0 Å². The van der Waals surface area contributed by atoms with Gasteiger partial charge in [-0.05, 0) is 59.7 Å². The Morgan fingerprint density at radius 1 is 0.863 bits per heavy atom. The fourth-order valence-electron chi connectivity index (χ4n) is 9.14. The number of nitrogens with zero attached hydrogens (tertiary/aromatic N) is 2. The van der Waals surface area contributed by atoms with Crippen LogP contribution in [-0.4, -0.2) is 40.5 Å².